The van der Waals surface area contributed by atoms with Crippen molar-refractivity contribution in [3.05, 3.63) is 53.6 Å². The van der Waals surface area contributed by atoms with Crippen molar-refractivity contribution < 1.29 is 18.3 Å². The van der Waals surface area contributed by atoms with E-state index in [4.69, 9.17) is 4.74 Å². The van der Waals surface area contributed by atoms with Crippen LogP contribution in [0.15, 0.2) is 30.7 Å². The van der Waals surface area contributed by atoms with Gasteiger partial charge < -0.3 is 14.6 Å². The number of hydrogen-bond acceptors (Lipinski definition) is 3. The zero-order valence-corrected chi connectivity index (χ0v) is 13.3. The second kappa shape index (κ2) is 7.09. The molecule has 2 atom stereocenters. The molecule has 1 aliphatic rings. The molecule has 2 aromatic rings. The van der Waals surface area contributed by atoms with Crippen LogP contribution in [-0.2, 0) is 23.0 Å². The van der Waals surface area contributed by atoms with Gasteiger partial charge in [-0.15, -0.1) is 0 Å². The number of halogens is 2. The molecule has 1 saturated heterocycles. The van der Waals surface area contributed by atoms with Crippen LogP contribution >= 0.6 is 0 Å². The summed E-state index contributed by atoms with van der Waals surface area (Å²) in [5, 5.41) is 2.91. The zero-order chi connectivity index (χ0) is 17.1. The Labute approximate surface area is 138 Å². The molecule has 0 radical (unpaired) electrons. The standard InChI is InChI=1S/C17H19F2N3O2/c1-22-10-20-9-15(22)16-8-13(4-5-24-16)21-17(23)6-11-2-3-12(18)7-14(11)19/h2-3,7,9-10,13,16H,4-6,8H2,1H3,(H,21,23)/t13-,16+/m1/s1. The average molecular weight is 335 g/mol. The van der Waals surface area contributed by atoms with Crippen molar-refractivity contribution in [3.63, 3.8) is 0 Å². The first-order valence-corrected chi connectivity index (χ1v) is 7.84. The highest BCUT2D eigenvalue weighted by Crippen LogP contribution is 2.27. The number of aromatic nitrogens is 2. The van der Waals surface area contributed by atoms with Crippen molar-refractivity contribution in [2.75, 3.05) is 6.61 Å². The molecule has 0 unspecified atom stereocenters. The fraction of sp³-hybridized carbons (Fsp3) is 0.412. The second-order valence-corrected chi connectivity index (χ2v) is 5.99. The van der Waals surface area contributed by atoms with E-state index >= 15 is 0 Å². The van der Waals surface area contributed by atoms with E-state index in [1.54, 1.807) is 12.5 Å². The Hall–Kier alpha value is -2.28. The van der Waals surface area contributed by atoms with Crippen LogP contribution in [0.1, 0.15) is 30.2 Å². The normalized spacial score (nSPS) is 20.8. The van der Waals surface area contributed by atoms with Crippen LogP contribution in [0.5, 0.6) is 0 Å². The maximum atomic E-state index is 13.6. The van der Waals surface area contributed by atoms with E-state index in [1.165, 1.54) is 6.07 Å². The van der Waals surface area contributed by atoms with Crippen molar-refractivity contribution in [1.82, 2.24) is 14.9 Å². The molecule has 1 fully saturated rings. The molecule has 0 aliphatic carbocycles. The van der Waals surface area contributed by atoms with Crippen molar-refractivity contribution in [2.24, 2.45) is 7.05 Å². The van der Waals surface area contributed by atoms with Gasteiger partial charge in [-0.25, -0.2) is 13.8 Å². The second-order valence-electron chi connectivity index (χ2n) is 5.99. The lowest BCUT2D eigenvalue weighted by atomic mass is 10.0. The smallest absolute Gasteiger partial charge is 0.224 e. The minimum Gasteiger partial charge on any atom is -0.372 e. The molecular formula is C17H19F2N3O2. The Morgan fingerprint density at radius 3 is 3.00 bits per heavy atom. The number of ether oxygens (including phenoxy) is 1. The Kier molecular flexibility index (Phi) is 4.89. The lowest BCUT2D eigenvalue weighted by Gasteiger charge is -2.30. The highest BCUT2D eigenvalue weighted by Gasteiger charge is 2.27. The fourth-order valence-corrected chi connectivity index (χ4v) is 2.93. The third kappa shape index (κ3) is 3.79. The molecule has 128 valence electrons. The van der Waals surface area contributed by atoms with Crippen molar-refractivity contribution in [2.45, 2.75) is 31.4 Å². The van der Waals surface area contributed by atoms with Crippen LogP contribution in [0, 0.1) is 11.6 Å². The molecule has 24 heavy (non-hydrogen) atoms. The van der Waals surface area contributed by atoms with E-state index < -0.39 is 11.6 Å². The quantitative estimate of drug-likeness (QED) is 0.933. The highest BCUT2D eigenvalue weighted by atomic mass is 19.1. The fourth-order valence-electron chi connectivity index (χ4n) is 2.93. The summed E-state index contributed by atoms with van der Waals surface area (Å²) in [5.41, 5.74) is 1.14. The van der Waals surface area contributed by atoms with E-state index in [2.05, 4.69) is 10.3 Å². The van der Waals surface area contributed by atoms with Crippen LogP contribution in [0.25, 0.3) is 0 Å². The molecule has 1 amide bonds. The van der Waals surface area contributed by atoms with Crippen molar-refractivity contribution in [3.8, 4) is 0 Å². The highest BCUT2D eigenvalue weighted by molar-refractivity contribution is 5.78. The van der Waals surface area contributed by atoms with Gasteiger partial charge in [0.15, 0.2) is 0 Å². The van der Waals surface area contributed by atoms with Gasteiger partial charge in [0, 0.05) is 25.8 Å². The minimum atomic E-state index is -0.704. The maximum Gasteiger partial charge on any atom is 0.224 e. The summed E-state index contributed by atoms with van der Waals surface area (Å²) in [4.78, 5) is 16.2. The summed E-state index contributed by atoms with van der Waals surface area (Å²) in [6.07, 6.45) is 4.56. The third-order valence-corrected chi connectivity index (χ3v) is 4.20. The number of amides is 1. The number of benzene rings is 1. The monoisotopic (exact) mass is 335 g/mol. The first kappa shape index (κ1) is 16.6. The van der Waals surface area contributed by atoms with Crippen LogP contribution in [0.3, 0.4) is 0 Å². The largest absolute Gasteiger partial charge is 0.372 e. The van der Waals surface area contributed by atoms with Gasteiger partial charge in [-0.05, 0) is 24.5 Å². The number of hydrogen-bond donors (Lipinski definition) is 1. The first-order chi connectivity index (χ1) is 11.5. The topological polar surface area (TPSA) is 56.2 Å². The molecule has 1 aliphatic heterocycles. The lowest BCUT2D eigenvalue weighted by Crippen LogP contribution is -2.40. The summed E-state index contributed by atoms with van der Waals surface area (Å²) in [6, 6.07) is 3.19. The number of carbonyl (C=O) groups excluding carboxylic acids is 1. The molecule has 0 bridgehead atoms. The van der Waals surface area contributed by atoms with E-state index in [-0.39, 0.29) is 30.0 Å². The maximum absolute atomic E-state index is 13.6. The molecule has 1 aromatic heterocycles. The van der Waals surface area contributed by atoms with Gasteiger partial charge in [0.25, 0.3) is 0 Å². The van der Waals surface area contributed by atoms with Gasteiger partial charge in [0.2, 0.25) is 5.91 Å². The SMILES string of the molecule is Cn1cncc1[C@@H]1C[C@H](NC(=O)Cc2ccc(F)cc2F)CCO1. The summed E-state index contributed by atoms with van der Waals surface area (Å²) in [5.74, 6) is -1.64. The molecule has 0 spiro atoms. The Morgan fingerprint density at radius 2 is 2.29 bits per heavy atom. The van der Waals surface area contributed by atoms with E-state index in [9.17, 15) is 13.6 Å². The summed E-state index contributed by atoms with van der Waals surface area (Å²) in [7, 11) is 1.89. The number of nitrogens with one attached hydrogen (secondary N) is 1. The van der Waals surface area contributed by atoms with Crippen LogP contribution in [0.2, 0.25) is 0 Å². The number of imidazole rings is 1. The van der Waals surface area contributed by atoms with Crippen LogP contribution in [-0.4, -0.2) is 28.1 Å². The summed E-state index contributed by atoms with van der Waals surface area (Å²) in [6.45, 7) is 0.533. The lowest BCUT2D eigenvalue weighted by molar-refractivity contribution is -0.122. The molecule has 1 N–H and O–H groups in total. The first-order valence-electron chi connectivity index (χ1n) is 7.84. The molecule has 5 nitrogen and oxygen atoms in total. The van der Waals surface area contributed by atoms with Crippen LogP contribution < -0.4 is 5.32 Å². The molecule has 7 heteroatoms. The van der Waals surface area contributed by atoms with Gasteiger partial charge in [-0.2, -0.15) is 0 Å². The van der Waals surface area contributed by atoms with Gasteiger partial charge in [0.1, 0.15) is 17.7 Å². The number of aryl methyl sites for hydroxylation is 1. The van der Waals surface area contributed by atoms with E-state index in [0.717, 1.165) is 17.8 Å². The summed E-state index contributed by atoms with van der Waals surface area (Å²) < 4.78 is 34.2. The van der Waals surface area contributed by atoms with Crippen molar-refractivity contribution >= 4 is 5.91 Å². The van der Waals surface area contributed by atoms with Gasteiger partial charge in [0.05, 0.1) is 24.6 Å². The predicted molar refractivity (Wildman–Crippen MR) is 83.1 cm³/mol. The number of rotatable bonds is 4. The minimum absolute atomic E-state index is 0.0466. The van der Waals surface area contributed by atoms with E-state index in [0.29, 0.717) is 19.4 Å². The van der Waals surface area contributed by atoms with E-state index in [1.807, 2.05) is 11.6 Å². The Bertz CT molecular complexity index is 732. The van der Waals surface area contributed by atoms with Crippen LogP contribution in [0.4, 0.5) is 8.78 Å². The molecule has 3 rings (SSSR count). The molecule has 0 saturated carbocycles. The third-order valence-electron chi connectivity index (χ3n) is 4.20. The molecular weight excluding hydrogens is 316 g/mol. The predicted octanol–water partition coefficient (Wildman–Crippen LogP) is 2.28. The molecule has 2 heterocycles. The number of nitrogens with zero attached hydrogens (tertiary/aromatic N) is 2. The zero-order valence-electron chi connectivity index (χ0n) is 13.3. The Balaban J connectivity index is 1.59. The number of carbonyl (C=O) groups is 1. The summed E-state index contributed by atoms with van der Waals surface area (Å²) >= 11 is 0. The van der Waals surface area contributed by atoms with Crippen molar-refractivity contribution in [1.29, 1.82) is 0 Å². The Morgan fingerprint density at radius 1 is 1.46 bits per heavy atom. The molecule has 1 aromatic carbocycles. The van der Waals surface area contributed by atoms with Gasteiger partial charge in [-0.1, -0.05) is 6.07 Å². The average Bonchev–Trinajstić information content (AvgIpc) is 2.96. The van der Waals surface area contributed by atoms with Gasteiger partial charge in [-0.3, -0.25) is 4.79 Å². The van der Waals surface area contributed by atoms with Gasteiger partial charge >= 0.3 is 0 Å².